The maximum absolute atomic E-state index is 13.5. The molecule has 3 aromatic carbocycles. The first-order valence-electron chi connectivity index (χ1n) is 11.7. The molecule has 0 spiro atoms. The standard InChI is InChI=1S/C29H26ClN3O2S/c1-19-8-11-23(16-20(19)2)33-28(34)27(31(3)29(33)36)17-21-18-32(26-7-5-4-6-25(21)26)14-15-35-24-12-9-22(30)10-13-24/h4-13,16-18H,14-15H2,1-3H3/b27-17-. The SMILES string of the molecule is Cc1ccc(N2C(=O)/C(=C/c3cn(CCOc4ccc(Cl)cc4)c4ccccc34)N(C)C2=S)cc1C. The summed E-state index contributed by atoms with van der Waals surface area (Å²) in [6.07, 6.45) is 3.99. The summed E-state index contributed by atoms with van der Waals surface area (Å²) in [7, 11) is 1.84. The maximum atomic E-state index is 13.5. The van der Waals surface area contributed by atoms with Gasteiger partial charge >= 0.3 is 0 Å². The van der Waals surface area contributed by atoms with Crippen molar-refractivity contribution in [3.05, 3.63) is 100 Å². The second-order valence-corrected chi connectivity index (χ2v) is 9.68. The molecule has 1 amide bonds. The topological polar surface area (TPSA) is 37.7 Å². The fraction of sp³-hybridized carbons (Fsp3) is 0.172. The molecule has 0 bridgehead atoms. The Bertz CT molecular complexity index is 1510. The largest absolute Gasteiger partial charge is 0.492 e. The number of benzene rings is 3. The third kappa shape index (κ3) is 4.50. The van der Waals surface area contributed by atoms with Crippen LogP contribution in [0.4, 0.5) is 5.69 Å². The molecule has 5 rings (SSSR count). The zero-order valence-corrected chi connectivity index (χ0v) is 21.9. The Labute approximate surface area is 221 Å². The van der Waals surface area contributed by atoms with Gasteiger partial charge in [-0.05, 0) is 85.7 Å². The van der Waals surface area contributed by atoms with Crippen LogP contribution in [-0.2, 0) is 11.3 Å². The van der Waals surface area contributed by atoms with Crippen molar-refractivity contribution in [2.24, 2.45) is 0 Å². The Morgan fingerprint density at radius 3 is 2.50 bits per heavy atom. The van der Waals surface area contributed by atoms with E-state index in [-0.39, 0.29) is 5.91 Å². The maximum Gasteiger partial charge on any atom is 0.281 e. The van der Waals surface area contributed by atoms with Crippen molar-refractivity contribution < 1.29 is 9.53 Å². The fourth-order valence-corrected chi connectivity index (χ4v) is 4.78. The number of thiocarbonyl (C=S) groups is 1. The van der Waals surface area contributed by atoms with Crippen LogP contribution < -0.4 is 9.64 Å². The first-order valence-corrected chi connectivity index (χ1v) is 12.5. The molecule has 0 N–H and O–H groups in total. The minimum Gasteiger partial charge on any atom is -0.492 e. The molecular formula is C29H26ClN3O2S. The summed E-state index contributed by atoms with van der Waals surface area (Å²) >= 11 is 11.6. The Morgan fingerprint density at radius 2 is 1.75 bits per heavy atom. The second kappa shape index (κ2) is 9.80. The summed E-state index contributed by atoms with van der Waals surface area (Å²) in [5, 5.41) is 2.21. The van der Waals surface area contributed by atoms with Crippen LogP contribution in [-0.4, -0.2) is 34.1 Å². The van der Waals surface area contributed by atoms with Crippen LogP contribution in [0.1, 0.15) is 16.7 Å². The summed E-state index contributed by atoms with van der Waals surface area (Å²) in [5.41, 5.74) is 5.65. The predicted molar refractivity (Wildman–Crippen MR) is 151 cm³/mol. The van der Waals surface area contributed by atoms with Crippen LogP contribution in [0.5, 0.6) is 5.75 Å². The molecule has 0 saturated carbocycles. The number of para-hydroxylation sites is 1. The molecule has 1 aromatic heterocycles. The van der Waals surface area contributed by atoms with Gasteiger partial charge in [-0.3, -0.25) is 9.69 Å². The van der Waals surface area contributed by atoms with Crippen molar-refractivity contribution in [3.8, 4) is 5.75 Å². The molecule has 1 saturated heterocycles. The number of anilines is 1. The van der Waals surface area contributed by atoms with Gasteiger partial charge in [0.25, 0.3) is 5.91 Å². The minimum absolute atomic E-state index is 0.131. The van der Waals surface area contributed by atoms with E-state index in [9.17, 15) is 4.79 Å². The smallest absolute Gasteiger partial charge is 0.281 e. The molecule has 7 heteroatoms. The van der Waals surface area contributed by atoms with E-state index in [1.807, 2.05) is 74.6 Å². The van der Waals surface area contributed by atoms with Gasteiger partial charge < -0.3 is 14.2 Å². The lowest BCUT2D eigenvalue weighted by Gasteiger charge is -2.17. The summed E-state index contributed by atoms with van der Waals surface area (Å²) < 4.78 is 8.05. The van der Waals surface area contributed by atoms with Gasteiger partial charge in [0.05, 0.1) is 12.2 Å². The first-order chi connectivity index (χ1) is 17.3. The molecule has 1 fully saturated rings. The summed E-state index contributed by atoms with van der Waals surface area (Å²) in [6.45, 7) is 5.24. The van der Waals surface area contributed by atoms with Crippen molar-refractivity contribution in [1.82, 2.24) is 9.47 Å². The number of aromatic nitrogens is 1. The third-order valence-corrected chi connectivity index (χ3v) is 7.25. The number of aryl methyl sites for hydroxylation is 2. The molecule has 0 unspecified atom stereocenters. The molecular weight excluding hydrogens is 490 g/mol. The highest BCUT2D eigenvalue weighted by atomic mass is 35.5. The summed E-state index contributed by atoms with van der Waals surface area (Å²) in [4.78, 5) is 16.9. The molecule has 182 valence electrons. The third-order valence-electron chi connectivity index (χ3n) is 6.54. The van der Waals surface area contributed by atoms with Gasteiger partial charge in [0.2, 0.25) is 0 Å². The lowest BCUT2D eigenvalue weighted by molar-refractivity contribution is -0.114. The van der Waals surface area contributed by atoms with Crippen LogP contribution in [0, 0.1) is 13.8 Å². The zero-order chi connectivity index (χ0) is 25.4. The Hall–Kier alpha value is -3.61. The van der Waals surface area contributed by atoms with Crippen LogP contribution in [0.3, 0.4) is 0 Å². The fourth-order valence-electron chi connectivity index (χ4n) is 4.36. The minimum atomic E-state index is -0.131. The highest BCUT2D eigenvalue weighted by molar-refractivity contribution is 7.80. The van der Waals surface area contributed by atoms with Gasteiger partial charge in [0, 0.05) is 34.7 Å². The normalized spacial score (nSPS) is 14.9. The zero-order valence-electron chi connectivity index (χ0n) is 20.4. The number of fused-ring (bicyclic) bond motifs is 1. The van der Waals surface area contributed by atoms with Gasteiger partial charge in [-0.15, -0.1) is 0 Å². The summed E-state index contributed by atoms with van der Waals surface area (Å²) in [5.74, 6) is 0.644. The lowest BCUT2D eigenvalue weighted by atomic mass is 10.1. The van der Waals surface area contributed by atoms with E-state index >= 15 is 0 Å². The average Bonchev–Trinajstić information content (AvgIpc) is 3.32. The molecule has 4 aromatic rings. The van der Waals surface area contributed by atoms with Crippen LogP contribution in [0.15, 0.2) is 78.6 Å². The van der Waals surface area contributed by atoms with E-state index < -0.39 is 0 Å². The number of carbonyl (C=O) groups is 1. The van der Waals surface area contributed by atoms with Gasteiger partial charge in [0.15, 0.2) is 5.11 Å². The number of rotatable bonds is 6. The number of hydrogen-bond donors (Lipinski definition) is 0. The van der Waals surface area contributed by atoms with Crippen molar-refractivity contribution in [2.75, 3.05) is 18.6 Å². The van der Waals surface area contributed by atoms with Gasteiger partial charge in [-0.1, -0.05) is 35.9 Å². The van der Waals surface area contributed by atoms with Crippen molar-refractivity contribution >= 4 is 57.5 Å². The number of carbonyl (C=O) groups excluding carboxylic acids is 1. The van der Waals surface area contributed by atoms with Crippen LogP contribution in [0.25, 0.3) is 17.0 Å². The van der Waals surface area contributed by atoms with Gasteiger partial charge in [0.1, 0.15) is 18.1 Å². The molecule has 1 aliphatic rings. The molecule has 1 aliphatic heterocycles. The second-order valence-electron chi connectivity index (χ2n) is 8.88. The van der Waals surface area contributed by atoms with Crippen molar-refractivity contribution in [3.63, 3.8) is 0 Å². The average molecular weight is 516 g/mol. The predicted octanol–water partition coefficient (Wildman–Crippen LogP) is 6.59. The molecule has 0 aliphatic carbocycles. The Kier molecular flexibility index (Phi) is 6.56. The number of ether oxygens (including phenoxy) is 1. The van der Waals surface area contributed by atoms with Crippen LogP contribution in [0.2, 0.25) is 5.02 Å². The van der Waals surface area contributed by atoms with E-state index in [1.165, 1.54) is 5.56 Å². The number of nitrogens with zero attached hydrogens (tertiary/aromatic N) is 3. The van der Waals surface area contributed by atoms with E-state index in [0.717, 1.165) is 33.5 Å². The molecule has 36 heavy (non-hydrogen) atoms. The number of likely N-dealkylation sites (N-methyl/N-ethyl adjacent to an activating group) is 1. The van der Waals surface area contributed by atoms with E-state index in [4.69, 9.17) is 28.6 Å². The highest BCUT2D eigenvalue weighted by Gasteiger charge is 2.37. The first kappa shape index (κ1) is 24.1. The van der Waals surface area contributed by atoms with E-state index in [1.54, 1.807) is 9.80 Å². The number of halogens is 1. The quantitative estimate of drug-likeness (QED) is 0.214. The lowest BCUT2D eigenvalue weighted by Crippen LogP contribution is -2.31. The van der Waals surface area contributed by atoms with Gasteiger partial charge in [-0.2, -0.15) is 0 Å². The van der Waals surface area contributed by atoms with E-state index in [0.29, 0.717) is 29.0 Å². The highest BCUT2D eigenvalue weighted by Crippen LogP contribution is 2.31. The van der Waals surface area contributed by atoms with Crippen molar-refractivity contribution in [1.29, 1.82) is 0 Å². The molecule has 2 heterocycles. The number of amides is 1. The van der Waals surface area contributed by atoms with Crippen LogP contribution >= 0.6 is 23.8 Å². The van der Waals surface area contributed by atoms with Crippen molar-refractivity contribution in [2.45, 2.75) is 20.4 Å². The molecule has 0 atom stereocenters. The molecule has 5 nitrogen and oxygen atoms in total. The van der Waals surface area contributed by atoms with Gasteiger partial charge in [-0.25, -0.2) is 0 Å². The monoisotopic (exact) mass is 515 g/mol. The Balaban J connectivity index is 1.43. The molecule has 0 radical (unpaired) electrons. The summed E-state index contributed by atoms with van der Waals surface area (Å²) in [6, 6.07) is 21.5. The number of hydrogen-bond acceptors (Lipinski definition) is 3. The van der Waals surface area contributed by atoms with E-state index in [2.05, 4.69) is 29.8 Å². The Morgan fingerprint density at radius 1 is 1.00 bits per heavy atom.